The first-order valence-corrected chi connectivity index (χ1v) is 6.74. The van der Waals surface area contributed by atoms with Gasteiger partial charge in [-0.15, -0.1) is 0 Å². The molecule has 0 radical (unpaired) electrons. The number of carbonyl (C=O) groups excluding carboxylic acids is 2. The lowest BCUT2D eigenvalue weighted by molar-refractivity contribution is -0.143. The lowest BCUT2D eigenvalue weighted by Gasteiger charge is -2.10. The number of carbonyl (C=O) groups is 2. The number of Topliss-reactive ketones (excluding diaryl/α,β-unsaturated/α-hetero) is 1. The third-order valence-electron chi connectivity index (χ3n) is 2.61. The fraction of sp³-hybridized carbons (Fsp3) is 0.778. The second kappa shape index (κ2) is 4.92. The zero-order chi connectivity index (χ0) is 12.3. The van der Waals surface area contributed by atoms with E-state index in [0.717, 1.165) is 0 Å². The van der Waals surface area contributed by atoms with E-state index < -0.39 is 27.8 Å². The monoisotopic (exact) mass is 249 g/mol. The highest BCUT2D eigenvalue weighted by atomic mass is 32.2. The van der Waals surface area contributed by atoms with E-state index in [2.05, 4.69) is 4.74 Å². The number of hydrogen-bond donors (Lipinski definition) is 1. The minimum atomic E-state index is -3.08. The summed E-state index contributed by atoms with van der Waals surface area (Å²) in [6.07, 6.45) is 0.169. The Morgan fingerprint density at radius 2 is 2.12 bits per heavy atom. The van der Waals surface area contributed by atoms with Crippen LogP contribution in [-0.4, -0.2) is 44.8 Å². The Labute approximate surface area is 94.1 Å². The van der Waals surface area contributed by atoms with Crippen LogP contribution >= 0.6 is 0 Å². The molecule has 1 rings (SSSR count). The topological polar surface area (TPSA) is 104 Å². The van der Waals surface area contributed by atoms with Gasteiger partial charge in [0.25, 0.3) is 0 Å². The number of nitrogens with two attached hydrogens (primary N) is 1. The van der Waals surface area contributed by atoms with Gasteiger partial charge in [0.1, 0.15) is 11.8 Å². The van der Waals surface area contributed by atoms with Crippen molar-refractivity contribution in [3.05, 3.63) is 0 Å². The number of rotatable bonds is 4. The quantitative estimate of drug-likeness (QED) is 0.633. The molecule has 1 saturated heterocycles. The van der Waals surface area contributed by atoms with Crippen LogP contribution in [0.4, 0.5) is 0 Å². The average Bonchev–Trinajstić information content (AvgIpc) is 2.57. The maximum atomic E-state index is 11.6. The Kier molecular flexibility index (Phi) is 4.03. The van der Waals surface area contributed by atoms with Crippen molar-refractivity contribution in [1.82, 2.24) is 0 Å². The molecule has 16 heavy (non-hydrogen) atoms. The maximum Gasteiger partial charge on any atom is 0.323 e. The Morgan fingerprint density at radius 3 is 2.56 bits per heavy atom. The molecule has 0 aromatic rings. The van der Waals surface area contributed by atoms with E-state index >= 15 is 0 Å². The van der Waals surface area contributed by atoms with E-state index in [9.17, 15) is 18.0 Å². The van der Waals surface area contributed by atoms with E-state index in [1.165, 1.54) is 7.11 Å². The van der Waals surface area contributed by atoms with Crippen LogP contribution in [0.3, 0.4) is 0 Å². The van der Waals surface area contributed by atoms with Crippen LogP contribution in [0, 0.1) is 5.92 Å². The van der Waals surface area contributed by atoms with Crippen LogP contribution in [0.1, 0.15) is 12.8 Å². The Balaban J connectivity index is 2.51. The molecular weight excluding hydrogens is 234 g/mol. The van der Waals surface area contributed by atoms with Gasteiger partial charge in [0.15, 0.2) is 9.84 Å². The first-order chi connectivity index (χ1) is 7.35. The first kappa shape index (κ1) is 13.1. The van der Waals surface area contributed by atoms with Gasteiger partial charge in [-0.05, 0) is 6.42 Å². The molecule has 2 atom stereocenters. The van der Waals surface area contributed by atoms with Gasteiger partial charge >= 0.3 is 5.97 Å². The predicted molar refractivity (Wildman–Crippen MR) is 56.4 cm³/mol. The summed E-state index contributed by atoms with van der Waals surface area (Å²) in [4.78, 5) is 22.6. The van der Waals surface area contributed by atoms with Crippen LogP contribution in [0.15, 0.2) is 0 Å². The third kappa shape index (κ3) is 3.28. The summed E-state index contributed by atoms with van der Waals surface area (Å²) in [5.74, 6) is -1.54. The smallest absolute Gasteiger partial charge is 0.323 e. The Bertz CT molecular complexity index is 389. The summed E-state index contributed by atoms with van der Waals surface area (Å²) < 4.78 is 26.7. The molecule has 0 aromatic heterocycles. The average molecular weight is 249 g/mol. The minimum Gasteiger partial charge on any atom is -0.468 e. The zero-order valence-corrected chi connectivity index (χ0v) is 9.83. The van der Waals surface area contributed by atoms with Gasteiger partial charge in [-0.3, -0.25) is 9.59 Å². The second-order valence-corrected chi connectivity index (χ2v) is 6.13. The molecule has 0 amide bonds. The molecule has 0 aromatic carbocycles. The molecule has 2 unspecified atom stereocenters. The number of hydrogen-bond acceptors (Lipinski definition) is 6. The van der Waals surface area contributed by atoms with Gasteiger partial charge in [-0.25, -0.2) is 8.42 Å². The summed E-state index contributed by atoms with van der Waals surface area (Å²) >= 11 is 0. The number of methoxy groups -OCH3 is 1. The highest BCUT2D eigenvalue weighted by Crippen LogP contribution is 2.20. The van der Waals surface area contributed by atoms with Crippen LogP contribution in [0.2, 0.25) is 0 Å². The summed E-state index contributed by atoms with van der Waals surface area (Å²) in [7, 11) is -1.89. The van der Waals surface area contributed by atoms with E-state index in [0.29, 0.717) is 6.42 Å². The molecule has 0 saturated carbocycles. The molecule has 0 aliphatic carbocycles. The fourth-order valence-corrected chi connectivity index (χ4v) is 3.44. The largest absolute Gasteiger partial charge is 0.468 e. The van der Waals surface area contributed by atoms with Crippen LogP contribution in [0.5, 0.6) is 0 Å². The molecule has 1 heterocycles. The SMILES string of the molecule is COC(=O)C(N)CC(=O)C1CCS(=O)(=O)C1. The number of ether oxygens (including phenoxy) is 1. The second-order valence-electron chi connectivity index (χ2n) is 3.90. The molecule has 7 heteroatoms. The Morgan fingerprint density at radius 1 is 1.50 bits per heavy atom. The van der Waals surface area contributed by atoms with Crippen LogP contribution in [0.25, 0.3) is 0 Å². The highest BCUT2D eigenvalue weighted by molar-refractivity contribution is 7.91. The highest BCUT2D eigenvalue weighted by Gasteiger charge is 2.34. The molecule has 6 nitrogen and oxygen atoms in total. The molecule has 1 aliphatic heterocycles. The normalized spacial score (nSPS) is 25.0. The molecule has 2 N–H and O–H groups in total. The molecule has 0 bridgehead atoms. The van der Waals surface area contributed by atoms with Gasteiger partial charge in [0.05, 0.1) is 18.6 Å². The molecule has 1 aliphatic rings. The van der Waals surface area contributed by atoms with E-state index in [1.54, 1.807) is 0 Å². The lowest BCUT2D eigenvalue weighted by Crippen LogP contribution is -2.35. The van der Waals surface area contributed by atoms with Crippen molar-refractivity contribution < 1.29 is 22.7 Å². The number of sulfone groups is 1. The van der Waals surface area contributed by atoms with Crippen molar-refractivity contribution in [2.24, 2.45) is 11.7 Å². The lowest BCUT2D eigenvalue weighted by atomic mass is 9.98. The van der Waals surface area contributed by atoms with Gasteiger partial charge in [-0.1, -0.05) is 0 Å². The van der Waals surface area contributed by atoms with Crippen molar-refractivity contribution in [2.45, 2.75) is 18.9 Å². The molecule has 1 fully saturated rings. The van der Waals surface area contributed by atoms with E-state index in [-0.39, 0.29) is 23.7 Å². The van der Waals surface area contributed by atoms with Crippen molar-refractivity contribution in [2.75, 3.05) is 18.6 Å². The van der Waals surface area contributed by atoms with Gasteiger partial charge in [0, 0.05) is 12.3 Å². The molecular formula is C9H15NO5S. The standard InChI is InChI=1S/C9H15NO5S/c1-15-9(12)7(10)4-8(11)6-2-3-16(13,14)5-6/h6-7H,2-5,10H2,1H3. The fourth-order valence-electron chi connectivity index (χ4n) is 1.67. The van der Waals surface area contributed by atoms with Crippen LogP contribution in [-0.2, 0) is 24.2 Å². The molecule has 92 valence electrons. The third-order valence-corrected chi connectivity index (χ3v) is 4.38. The Hall–Kier alpha value is -0.950. The van der Waals surface area contributed by atoms with Crippen molar-refractivity contribution in [3.8, 4) is 0 Å². The van der Waals surface area contributed by atoms with Crippen molar-refractivity contribution in [1.29, 1.82) is 0 Å². The van der Waals surface area contributed by atoms with Gasteiger partial charge < -0.3 is 10.5 Å². The predicted octanol–water partition coefficient (Wildman–Crippen LogP) is -1.12. The van der Waals surface area contributed by atoms with Gasteiger partial charge in [0.2, 0.25) is 0 Å². The van der Waals surface area contributed by atoms with Gasteiger partial charge in [-0.2, -0.15) is 0 Å². The first-order valence-electron chi connectivity index (χ1n) is 4.92. The number of ketones is 1. The van der Waals surface area contributed by atoms with Crippen molar-refractivity contribution in [3.63, 3.8) is 0 Å². The summed E-state index contributed by atoms with van der Waals surface area (Å²) in [5.41, 5.74) is 5.42. The zero-order valence-electron chi connectivity index (χ0n) is 9.01. The minimum absolute atomic E-state index is 0.0386. The van der Waals surface area contributed by atoms with Crippen LogP contribution < -0.4 is 5.73 Å². The summed E-state index contributed by atoms with van der Waals surface area (Å²) in [5, 5.41) is 0. The summed E-state index contributed by atoms with van der Waals surface area (Å²) in [6, 6.07) is -0.999. The van der Waals surface area contributed by atoms with E-state index in [1.807, 2.05) is 0 Å². The van der Waals surface area contributed by atoms with Crippen molar-refractivity contribution >= 4 is 21.6 Å². The summed E-state index contributed by atoms with van der Waals surface area (Å²) in [6.45, 7) is 0. The number of esters is 1. The molecule has 0 spiro atoms. The maximum absolute atomic E-state index is 11.6. The van der Waals surface area contributed by atoms with E-state index in [4.69, 9.17) is 5.73 Å².